The van der Waals surface area contributed by atoms with Gasteiger partial charge < -0.3 is 25.1 Å². The van der Waals surface area contributed by atoms with E-state index in [4.69, 9.17) is 20.2 Å². The molecule has 0 radical (unpaired) electrons. The molecule has 0 aromatic heterocycles. The molecule has 1 saturated heterocycles. The minimum Gasteiger partial charge on any atom is -0.497 e. The van der Waals surface area contributed by atoms with Gasteiger partial charge in [-0.2, -0.15) is 0 Å². The summed E-state index contributed by atoms with van der Waals surface area (Å²) in [6.45, 7) is 9.98. The molecule has 1 fully saturated rings. The summed E-state index contributed by atoms with van der Waals surface area (Å²) < 4.78 is 12.9. The molecule has 8 nitrogen and oxygen atoms in total. The van der Waals surface area contributed by atoms with Gasteiger partial charge in [0.1, 0.15) is 11.5 Å². The topological polar surface area (TPSA) is 100 Å². The van der Waals surface area contributed by atoms with Crippen molar-refractivity contribution >= 4 is 17.6 Å². The van der Waals surface area contributed by atoms with Crippen molar-refractivity contribution in [3.05, 3.63) is 24.5 Å². The van der Waals surface area contributed by atoms with Crippen LogP contribution in [0.5, 0.6) is 11.5 Å². The van der Waals surface area contributed by atoms with E-state index in [0.29, 0.717) is 22.6 Å². The Kier molecular flexibility index (Phi) is 6.46. The number of imidazole rings is 1. The second-order valence-electron chi connectivity index (χ2n) is 10.1. The van der Waals surface area contributed by atoms with E-state index in [9.17, 15) is 0 Å². The number of nitrogens with zero attached hydrogens (tertiary/aromatic N) is 4. The number of nitrogen functional groups attached to an aromatic ring is 1. The minimum absolute atomic E-state index is 0.130. The van der Waals surface area contributed by atoms with Gasteiger partial charge in [-0.25, -0.2) is 15.0 Å². The average molecular weight is 471 g/mol. The zero-order valence-electron chi connectivity index (χ0n) is 20.3. The van der Waals surface area contributed by atoms with E-state index >= 15 is 0 Å². The first-order valence-electron chi connectivity index (χ1n) is 11.3. The Labute approximate surface area is 200 Å². The number of nitrogens with two attached hydrogens (primary N) is 1. The number of aromatic nitrogens is 4. The summed E-state index contributed by atoms with van der Waals surface area (Å²) in [5.41, 5.74) is 7.05. The van der Waals surface area contributed by atoms with E-state index in [1.165, 1.54) is 11.8 Å². The van der Waals surface area contributed by atoms with Crippen LogP contribution < -0.4 is 20.5 Å². The van der Waals surface area contributed by atoms with Crippen LogP contribution in [0.1, 0.15) is 47.0 Å². The van der Waals surface area contributed by atoms with Gasteiger partial charge >= 0.3 is 0 Å². The number of methoxy groups -OCH3 is 2. The van der Waals surface area contributed by atoms with Gasteiger partial charge in [0.25, 0.3) is 0 Å². The number of aryl methyl sites for hydroxylation is 1. The van der Waals surface area contributed by atoms with Crippen molar-refractivity contribution in [2.75, 3.05) is 20.0 Å². The summed E-state index contributed by atoms with van der Waals surface area (Å²) in [4.78, 5) is 14.7. The van der Waals surface area contributed by atoms with Crippen LogP contribution in [0.2, 0.25) is 0 Å². The molecule has 3 aliphatic heterocycles. The number of ether oxygens (including phenoxy) is 2. The molecule has 178 valence electrons. The van der Waals surface area contributed by atoms with Crippen LogP contribution in [0.15, 0.2) is 34.6 Å². The molecule has 4 rings (SSSR count). The molecule has 1 aromatic rings. The highest BCUT2D eigenvalue weighted by Gasteiger charge is 2.37. The Morgan fingerprint density at radius 1 is 1.12 bits per heavy atom. The lowest BCUT2D eigenvalue weighted by Gasteiger charge is -2.46. The summed E-state index contributed by atoms with van der Waals surface area (Å²) in [6.07, 6.45) is 5.13. The largest absolute Gasteiger partial charge is 0.497 e. The maximum atomic E-state index is 6.15. The first kappa shape index (κ1) is 23.6. The predicted octanol–water partition coefficient (Wildman–Crippen LogP) is 4.48. The number of fused-ring (bicyclic) bond motifs is 1. The van der Waals surface area contributed by atoms with Crippen molar-refractivity contribution < 1.29 is 9.47 Å². The number of rotatable bonds is 7. The molecule has 9 heteroatoms. The summed E-state index contributed by atoms with van der Waals surface area (Å²) in [5, 5.41) is 4.37. The van der Waals surface area contributed by atoms with Gasteiger partial charge in [0.15, 0.2) is 22.5 Å². The quantitative estimate of drug-likeness (QED) is 0.521. The summed E-state index contributed by atoms with van der Waals surface area (Å²) in [6, 6.07) is 5.66. The van der Waals surface area contributed by atoms with Crippen LogP contribution in [0.3, 0.4) is 0 Å². The van der Waals surface area contributed by atoms with Gasteiger partial charge in [-0.15, -0.1) is 0 Å². The maximum absolute atomic E-state index is 6.15. The van der Waals surface area contributed by atoms with Crippen molar-refractivity contribution in [1.82, 2.24) is 24.8 Å². The van der Waals surface area contributed by atoms with Gasteiger partial charge in [0, 0.05) is 17.6 Å². The number of piperidine rings is 1. The van der Waals surface area contributed by atoms with Gasteiger partial charge in [-0.05, 0) is 82.8 Å². The third-order valence-corrected chi connectivity index (χ3v) is 7.00. The van der Waals surface area contributed by atoms with E-state index in [-0.39, 0.29) is 11.1 Å². The van der Waals surface area contributed by atoms with Crippen LogP contribution in [-0.4, -0.2) is 44.8 Å². The smallest absolute Gasteiger partial charge is 0.195 e. The van der Waals surface area contributed by atoms with Crippen molar-refractivity contribution in [2.24, 2.45) is 5.92 Å². The lowest BCUT2D eigenvalue weighted by molar-refractivity contribution is 0.121. The Morgan fingerprint density at radius 3 is 2.52 bits per heavy atom. The van der Waals surface area contributed by atoms with Crippen molar-refractivity contribution in [1.29, 1.82) is 0 Å². The molecule has 0 saturated carbocycles. The molecule has 0 bridgehead atoms. The predicted molar refractivity (Wildman–Crippen MR) is 131 cm³/mol. The summed E-state index contributed by atoms with van der Waals surface area (Å²) in [7, 11) is 3.29. The normalized spacial score (nSPS) is 17.9. The third kappa shape index (κ3) is 5.35. The molecule has 3 heterocycles. The maximum Gasteiger partial charge on any atom is 0.195 e. The molecular weight excluding hydrogens is 436 g/mol. The Morgan fingerprint density at radius 2 is 1.85 bits per heavy atom. The van der Waals surface area contributed by atoms with Crippen LogP contribution in [-0.2, 0) is 6.54 Å². The number of anilines is 1. The average Bonchev–Trinajstić information content (AvgIpc) is 3.15. The van der Waals surface area contributed by atoms with Crippen LogP contribution in [0.25, 0.3) is 11.5 Å². The number of hydrogen-bond donors (Lipinski definition) is 2. The van der Waals surface area contributed by atoms with Crippen molar-refractivity contribution in [3.8, 4) is 23.0 Å². The molecule has 1 aromatic carbocycles. The Hall–Kier alpha value is -2.52. The number of nitrogens with one attached hydrogen (secondary N) is 1. The second kappa shape index (κ2) is 9.02. The van der Waals surface area contributed by atoms with Crippen LogP contribution in [0.4, 0.5) is 5.82 Å². The highest BCUT2D eigenvalue weighted by molar-refractivity contribution is 7.99. The molecule has 0 spiro atoms. The zero-order chi connectivity index (χ0) is 23.8. The molecular formula is C24H34N6O2S. The fourth-order valence-corrected chi connectivity index (χ4v) is 6.06. The third-order valence-electron chi connectivity index (χ3n) is 6.10. The Bertz CT molecular complexity index is 1080. The molecule has 3 aliphatic rings. The number of benzene rings is 1. The highest BCUT2D eigenvalue weighted by Crippen LogP contribution is 2.39. The first-order valence-corrected chi connectivity index (χ1v) is 12.1. The monoisotopic (exact) mass is 470 g/mol. The second-order valence-corrected chi connectivity index (χ2v) is 11.1. The Balaban J connectivity index is 1.56. The molecule has 0 atom stereocenters. The minimum atomic E-state index is 0.130. The molecule has 0 unspecified atom stereocenters. The number of hydrogen-bond acceptors (Lipinski definition) is 8. The van der Waals surface area contributed by atoms with E-state index in [2.05, 4.69) is 47.5 Å². The van der Waals surface area contributed by atoms with Crippen LogP contribution in [0, 0.1) is 5.92 Å². The SMILES string of the molecule is COc1ccc(OC)c(Sc2nc3c(N)ncn(CCC4CC(C)(C)NC(C)(C)C4)c-3n2)c1. The van der Waals surface area contributed by atoms with E-state index in [0.717, 1.165) is 48.0 Å². The van der Waals surface area contributed by atoms with Crippen molar-refractivity contribution in [3.63, 3.8) is 0 Å². The van der Waals surface area contributed by atoms with E-state index < -0.39 is 0 Å². The standard InChI is InChI=1S/C24H34N6O2S/c1-23(2)12-15(13-24(3,4)29-23)9-10-30-14-26-20(25)19-21(30)28-22(27-19)33-18-11-16(31-5)7-8-17(18)32-6/h7-8,11,14-15,29H,9-10,12-13,25H2,1-6H3. The van der Waals surface area contributed by atoms with Crippen molar-refractivity contribution in [2.45, 2.75) is 74.6 Å². The van der Waals surface area contributed by atoms with Gasteiger partial charge in [-0.3, -0.25) is 0 Å². The van der Waals surface area contributed by atoms with Gasteiger partial charge in [-0.1, -0.05) is 0 Å². The summed E-state index contributed by atoms with van der Waals surface area (Å²) in [5.74, 6) is 3.26. The molecule has 0 aliphatic carbocycles. The lowest BCUT2D eigenvalue weighted by atomic mass is 9.75. The lowest BCUT2D eigenvalue weighted by Crippen LogP contribution is -2.57. The fourth-order valence-electron chi connectivity index (χ4n) is 5.16. The molecule has 33 heavy (non-hydrogen) atoms. The van der Waals surface area contributed by atoms with Crippen LogP contribution >= 0.6 is 11.8 Å². The fraction of sp³-hybridized carbons (Fsp3) is 0.542. The van der Waals surface area contributed by atoms with Gasteiger partial charge in [0.05, 0.1) is 25.4 Å². The van der Waals surface area contributed by atoms with E-state index in [1.807, 2.05) is 18.2 Å². The first-order chi connectivity index (χ1) is 15.6. The zero-order valence-corrected chi connectivity index (χ0v) is 21.1. The highest BCUT2D eigenvalue weighted by atomic mass is 32.2. The van der Waals surface area contributed by atoms with Gasteiger partial charge in [0.2, 0.25) is 0 Å². The molecule has 0 amide bonds. The molecule has 3 N–H and O–H groups in total. The summed E-state index contributed by atoms with van der Waals surface area (Å²) >= 11 is 1.42. The van der Waals surface area contributed by atoms with E-state index in [1.54, 1.807) is 20.5 Å².